The van der Waals surface area contributed by atoms with Gasteiger partial charge in [-0.05, 0) is 59.7 Å². The van der Waals surface area contributed by atoms with E-state index in [1.165, 1.54) is 0 Å². The number of phenolic OH excluding ortho intramolecular Hbond substituents is 1. The van der Waals surface area contributed by atoms with E-state index in [1.54, 1.807) is 0 Å². The van der Waals surface area contributed by atoms with Crippen LogP contribution in [0.5, 0.6) is 5.75 Å². The quantitative estimate of drug-likeness (QED) is 0.384. The molecule has 3 nitrogen and oxygen atoms in total. The summed E-state index contributed by atoms with van der Waals surface area (Å²) in [5.74, 6) is 0.0502. The summed E-state index contributed by atoms with van der Waals surface area (Å²) in [6, 6.07) is 21.9. The van der Waals surface area contributed by atoms with Gasteiger partial charge in [-0.25, -0.2) is 4.79 Å². The summed E-state index contributed by atoms with van der Waals surface area (Å²) in [6.07, 6.45) is 2.40. The Hall–Kier alpha value is -3.33. The highest BCUT2D eigenvalue weighted by molar-refractivity contribution is 5.97. The molecule has 4 aromatic carbocycles. The molecule has 0 saturated heterocycles. The molecule has 31 heavy (non-hydrogen) atoms. The first-order valence-electron chi connectivity index (χ1n) is 10.9. The Kier molecular flexibility index (Phi) is 3.63. The molecule has 0 aliphatic heterocycles. The highest BCUT2D eigenvalue weighted by atomic mass is 16.6. The van der Waals surface area contributed by atoms with E-state index in [0.717, 1.165) is 57.5 Å². The first-order chi connectivity index (χ1) is 14.9. The smallest absolute Gasteiger partial charge is 0.339 e. The molecule has 2 unspecified atom stereocenters. The molecule has 154 valence electrons. The summed E-state index contributed by atoms with van der Waals surface area (Å²) in [5, 5.41) is 15.3. The Morgan fingerprint density at radius 1 is 0.935 bits per heavy atom. The maximum atomic E-state index is 13.3. The minimum Gasteiger partial charge on any atom is -0.507 e. The predicted octanol–water partition coefficient (Wildman–Crippen LogP) is 6.51. The molecule has 0 aromatic heterocycles. The average Bonchev–Trinajstić information content (AvgIpc) is 3.23. The first-order valence-corrected chi connectivity index (χ1v) is 10.9. The van der Waals surface area contributed by atoms with E-state index >= 15 is 0 Å². The molecule has 0 amide bonds. The number of hydrogen-bond acceptors (Lipinski definition) is 3. The second kappa shape index (κ2) is 6.10. The van der Waals surface area contributed by atoms with Crippen LogP contribution >= 0.6 is 0 Å². The molecule has 6 rings (SSSR count). The van der Waals surface area contributed by atoms with Crippen molar-refractivity contribution < 1.29 is 14.6 Å². The van der Waals surface area contributed by atoms with Crippen LogP contribution in [0.25, 0.3) is 21.5 Å². The van der Waals surface area contributed by atoms with E-state index in [4.69, 9.17) is 4.74 Å². The topological polar surface area (TPSA) is 46.5 Å². The maximum absolute atomic E-state index is 13.3. The van der Waals surface area contributed by atoms with Crippen LogP contribution in [0.2, 0.25) is 0 Å². The highest BCUT2D eigenvalue weighted by Gasteiger charge is 2.59. The van der Waals surface area contributed by atoms with Crippen LogP contribution in [0.4, 0.5) is 0 Å². The Labute approximate surface area is 181 Å². The zero-order valence-electron chi connectivity index (χ0n) is 17.7. The van der Waals surface area contributed by atoms with Crippen molar-refractivity contribution in [2.24, 2.45) is 0 Å². The van der Waals surface area contributed by atoms with E-state index in [1.807, 2.05) is 54.6 Å². The fourth-order valence-electron chi connectivity index (χ4n) is 5.95. The van der Waals surface area contributed by atoms with Crippen LogP contribution < -0.4 is 0 Å². The molecule has 1 saturated carbocycles. The van der Waals surface area contributed by atoms with Crippen LogP contribution in [-0.2, 0) is 15.8 Å². The van der Waals surface area contributed by atoms with E-state index in [2.05, 4.69) is 26.0 Å². The van der Waals surface area contributed by atoms with Gasteiger partial charge in [-0.2, -0.15) is 0 Å². The Balaban J connectivity index is 1.47. The standard InChI is InChI=1S/C28H24O3/c1-17-6-5-9-21-22(17)15-23-24(25(21)29)27(2)12-13-28(23,16-27)31-26(30)20-11-10-18-7-3-4-8-19(18)14-20/h3-11,14-15,29H,12-13,16H2,1-2H3. The average molecular weight is 408 g/mol. The monoisotopic (exact) mass is 408 g/mol. The van der Waals surface area contributed by atoms with Gasteiger partial charge in [0.1, 0.15) is 11.4 Å². The molecule has 2 atom stereocenters. The van der Waals surface area contributed by atoms with Crippen molar-refractivity contribution in [1.82, 2.24) is 0 Å². The summed E-state index contributed by atoms with van der Waals surface area (Å²) in [4.78, 5) is 13.3. The molecule has 0 spiro atoms. The maximum Gasteiger partial charge on any atom is 0.339 e. The molecular weight excluding hydrogens is 384 g/mol. The number of benzene rings is 4. The van der Waals surface area contributed by atoms with Crippen molar-refractivity contribution in [3.05, 3.63) is 89.0 Å². The van der Waals surface area contributed by atoms with E-state index in [9.17, 15) is 9.90 Å². The Morgan fingerprint density at radius 3 is 2.58 bits per heavy atom. The van der Waals surface area contributed by atoms with Gasteiger partial charge in [0.15, 0.2) is 0 Å². The fraction of sp³-hybridized carbons (Fsp3) is 0.250. The normalized spacial score (nSPS) is 23.9. The minimum absolute atomic E-state index is 0.180. The Bertz CT molecular complexity index is 1400. The van der Waals surface area contributed by atoms with Gasteiger partial charge in [0.25, 0.3) is 0 Å². The van der Waals surface area contributed by atoms with Crippen molar-refractivity contribution in [1.29, 1.82) is 0 Å². The van der Waals surface area contributed by atoms with E-state index in [0.29, 0.717) is 11.3 Å². The molecule has 3 heteroatoms. The van der Waals surface area contributed by atoms with Gasteiger partial charge in [0, 0.05) is 28.3 Å². The number of ether oxygens (including phenoxy) is 1. The number of carbonyl (C=O) groups excluding carboxylic acids is 1. The van der Waals surface area contributed by atoms with Crippen molar-refractivity contribution in [2.75, 3.05) is 0 Å². The summed E-state index contributed by atoms with van der Waals surface area (Å²) in [7, 11) is 0. The second-order valence-corrected chi connectivity index (χ2v) is 9.50. The SMILES string of the molecule is Cc1cccc2c(O)c3c(cc12)C1(OC(=O)c2ccc4ccccc4c2)CCC3(C)C1. The third kappa shape index (κ3) is 2.49. The minimum atomic E-state index is -0.680. The van der Waals surface area contributed by atoms with Crippen LogP contribution in [0.3, 0.4) is 0 Å². The fourth-order valence-corrected chi connectivity index (χ4v) is 5.95. The lowest BCUT2D eigenvalue weighted by Crippen LogP contribution is -2.28. The molecule has 0 heterocycles. The Morgan fingerprint density at radius 2 is 1.74 bits per heavy atom. The van der Waals surface area contributed by atoms with Gasteiger partial charge in [-0.3, -0.25) is 0 Å². The number of aryl methyl sites for hydroxylation is 1. The molecule has 2 bridgehead atoms. The number of aromatic hydroxyl groups is 1. The summed E-state index contributed by atoms with van der Waals surface area (Å²) >= 11 is 0. The summed E-state index contributed by atoms with van der Waals surface area (Å²) < 4.78 is 6.31. The van der Waals surface area contributed by atoms with Crippen molar-refractivity contribution in [3.8, 4) is 5.75 Å². The number of hydrogen-bond donors (Lipinski definition) is 1. The third-order valence-corrected chi connectivity index (χ3v) is 7.50. The van der Waals surface area contributed by atoms with Gasteiger partial charge in [0.2, 0.25) is 0 Å². The lowest BCUT2D eigenvalue weighted by Gasteiger charge is -2.31. The zero-order valence-corrected chi connectivity index (χ0v) is 17.7. The lowest BCUT2D eigenvalue weighted by atomic mass is 9.78. The molecule has 0 radical (unpaired) electrons. The van der Waals surface area contributed by atoms with Crippen LogP contribution in [0.1, 0.15) is 53.2 Å². The first kappa shape index (κ1) is 18.4. The predicted molar refractivity (Wildman–Crippen MR) is 123 cm³/mol. The number of esters is 1. The van der Waals surface area contributed by atoms with Crippen LogP contribution in [-0.4, -0.2) is 11.1 Å². The van der Waals surface area contributed by atoms with E-state index in [-0.39, 0.29) is 11.4 Å². The summed E-state index contributed by atoms with van der Waals surface area (Å²) in [6.45, 7) is 4.24. The number of phenols is 1. The third-order valence-electron chi connectivity index (χ3n) is 7.50. The molecular formula is C28H24O3. The molecule has 2 aliphatic rings. The van der Waals surface area contributed by atoms with Gasteiger partial charge in [-0.1, -0.05) is 55.5 Å². The molecule has 1 fully saturated rings. The number of carbonyl (C=O) groups is 1. The highest BCUT2D eigenvalue weighted by Crippen LogP contribution is 2.64. The van der Waals surface area contributed by atoms with E-state index < -0.39 is 5.60 Å². The lowest BCUT2D eigenvalue weighted by molar-refractivity contribution is -0.0165. The van der Waals surface area contributed by atoms with Crippen molar-refractivity contribution >= 4 is 27.5 Å². The second-order valence-electron chi connectivity index (χ2n) is 9.50. The molecule has 2 aliphatic carbocycles. The van der Waals surface area contributed by atoms with Crippen molar-refractivity contribution in [3.63, 3.8) is 0 Å². The van der Waals surface area contributed by atoms with Crippen LogP contribution in [0.15, 0.2) is 66.7 Å². The largest absolute Gasteiger partial charge is 0.507 e. The van der Waals surface area contributed by atoms with Gasteiger partial charge >= 0.3 is 5.97 Å². The van der Waals surface area contributed by atoms with Gasteiger partial charge < -0.3 is 9.84 Å². The van der Waals surface area contributed by atoms with Gasteiger partial charge in [0.05, 0.1) is 5.56 Å². The number of rotatable bonds is 2. The van der Waals surface area contributed by atoms with Crippen molar-refractivity contribution in [2.45, 2.75) is 44.1 Å². The van der Waals surface area contributed by atoms with Crippen LogP contribution in [0, 0.1) is 6.92 Å². The zero-order chi connectivity index (χ0) is 21.4. The van der Waals surface area contributed by atoms with Gasteiger partial charge in [-0.15, -0.1) is 0 Å². The number of fused-ring (bicyclic) bond motifs is 7. The summed E-state index contributed by atoms with van der Waals surface area (Å²) in [5.41, 5.74) is 2.76. The molecule has 4 aromatic rings. The molecule has 1 N–H and O–H groups in total.